The summed E-state index contributed by atoms with van der Waals surface area (Å²) in [5, 5.41) is 1.01. The second-order valence-electron chi connectivity index (χ2n) is 16.7. The number of ether oxygens (including phenoxy) is 3. The molecule has 374 valence electrons. The highest BCUT2D eigenvalue weighted by Gasteiger charge is 2.26. The molecule has 0 radical (unpaired) electrons. The molecule has 7 aromatic rings. The van der Waals surface area contributed by atoms with Gasteiger partial charge in [-0.05, 0) is 165 Å². The van der Waals surface area contributed by atoms with Crippen molar-refractivity contribution in [2.75, 3.05) is 6.61 Å². The van der Waals surface area contributed by atoms with Crippen LogP contribution < -0.4 is 14.2 Å². The van der Waals surface area contributed by atoms with Crippen LogP contribution in [0.4, 0.5) is 17.6 Å². The van der Waals surface area contributed by atoms with E-state index in [0.717, 1.165) is 65.7 Å². The number of carbonyl (C=O) groups excluding carboxylic acids is 2. The fourth-order valence-electron chi connectivity index (χ4n) is 8.45. The Bertz CT molecular complexity index is 3390. The average molecular weight is 1050 g/mol. The van der Waals surface area contributed by atoms with Gasteiger partial charge in [-0.15, -0.1) is 0 Å². The smallest absolute Gasteiger partial charge is 0.356 e. The molecule has 73 heavy (non-hydrogen) atoms. The number of allylic oxidation sites excluding steroid dienone is 4. The molecule has 17 heteroatoms. The highest BCUT2D eigenvalue weighted by Crippen LogP contribution is 2.45. The van der Waals surface area contributed by atoms with Crippen LogP contribution in [0.3, 0.4) is 0 Å². The van der Waals surface area contributed by atoms with E-state index in [1.165, 1.54) is 42.5 Å². The lowest BCUT2D eigenvalue weighted by Crippen LogP contribution is -2.31. The number of amides is 1. The van der Waals surface area contributed by atoms with Gasteiger partial charge in [-0.25, -0.2) is 45.5 Å². The maximum atomic E-state index is 14.2. The maximum Gasteiger partial charge on any atom is 0.356 e. The molecular formula is C56H45Cl2F4N3O7S. The van der Waals surface area contributed by atoms with Crippen molar-refractivity contribution < 1.29 is 49.8 Å². The predicted octanol–water partition coefficient (Wildman–Crippen LogP) is 13.7. The molecule has 0 unspecified atom stereocenters. The van der Waals surface area contributed by atoms with Crippen molar-refractivity contribution in [1.29, 1.82) is 0 Å². The Balaban J connectivity index is 0.000000199. The SMILES string of the molecule is CCOC(=O)c1cccc(C2=C(c3cc(Cl)ccc3OCc3ccc(F)cc3F)CCC2)n1.O=C(NS(=O)(=O)c1ccccc1)c1cccc(C2=C(c3cc(Cl)ccc3OCc3ccc(F)cc3F)CCC2)n1. The first-order valence-corrected chi connectivity index (χ1v) is 25.3. The number of esters is 1. The normalized spacial score (nSPS) is 13.4. The molecule has 0 bridgehead atoms. The third-order valence-corrected chi connectivity index (χ3v) is 13.7. The third-order valence-electron chi connectivity index (χ3n) is 11.9. The number of pyridine rings is 2. The zero-order valence-corrected chi connectivity index (χ0v) is 41.4. The molecular weight excluding hydrogens is 1010 g/mol. The third kappa shape index (κ3) is 12.8. The van der Waals surface area contributed by atoms with Gasteiger partial charge in [-0.1, -0.05) is 53.5 Å². The van der Waals surface area contributed by atoms with Crippen LogP contribution in [0.15, 0.2) is 144 Å². The molecule has 1 N–H and O–H groups in total. The van der Waals surface area contributed by atoms with E-state index in [4.69, 9.17) is 37.4 Å². The van der Waals surface area contributed by atoms with E-state index in [1.807, 2.05) is 12.1 Å². The topological polar surface area (TPSA) is 134 Å². The van der Waals surface area contributed by atoms with E-state index in [1.54, 1.807) is 79.7 Å². The van der Waals surface area contributed by atoms with Gasteiger partial charge in [0.15, 0.2) is 0 Å². The van der Waals surface area contributed by atoms with Gasteiger partial charge in [-0.3, -0.25) is 4.79 Å². The number of nitrogens with one attached hydrogen (secondary N) is 1. The Labute approximate surface area is 429 Å². The molecule has 0 spiro atoms. The molecule has 0 fully saturated rings. The molecule has 0 saturated carbocycles. The molecule has 10 nitrogen and oxygen atoms in total. The van der Waals surface area contributed by atoms with Crippen molar-refractivity contribution in [3.8, 4) is 11.5 Å². The van der Waals surface area contributed by atoms with E-state index in [-0.39, 0.29) is 47.2 Å². The number of benzene rings is 5. The van der Waals surface area contributed by atoms with Gasteiger partial charge in [-0.2, -0.15) is 0 Å². The van der Waals surface area contributed by atoms with Gasteiger partial charge >= 0.3 is 5.97 Å². The van der Waals surface area contributed by atoms with E-state index in [0.29, 0.717) is 51.3 Å². The van der Waals surface area contributed by atoms with Crippen LogP contribution in [0, 0.1) is 23.3 Å². The Morgan fingerprint density at radius 2 is 1.05 bits per heavy atom. The zero-order valence-electron chi connectivity index (χ0n) is 39.1. The highest BCUT2D eigenvalue weighted by molar-refractivity contribution is 7.90. The summed E-state index contributed by atoms with van der Waals surface area (Å²) < 4.78 is 99.0. The Hall–Kier alpha value is -7.33. The summed E-state index contributed by atoms with van der Waals surface area (Å²) in [5.74, 6) is -2.98. The molecule has 2 aliphatic rings. The van der Waals surface area contributed by atoms with Crippen molar-refractivity contribution in [2.24, 2.45) is 0 Å². The minimum absolute atomic E-state index is 0.0331. The summed E-state index contributed by atoms with van der Waals surface area (Å²) in [7, 11) is -4.07. The zero-order chi connectivity index (χ0) is 51.6. The minimum atomic E-state index is -4.07. The maximum absolute atomic E-state index is 14.2. The van der Waals surface area contributed by atoms with Gasteiger partial charge in [0.05, 0.1) is 22.9 Å². The van der Waals surface area contributed by atoms with Crippen LogP contribution in [-0.2, 0) is 28.0 Å². The van der Waals surface area contributed by atoms with Crippen molar-refractivity contribution >= 4 is 67.4 Å². The molecule has 2 heterocycles. The molecule has 2 aromatic heterocycles. The molecule has 2 aliphatic carbocycles. The average Bonchev–Trinajstić information content (AvgIpc) is 4.09. The summed E-state index contributed by atoms with van der Waals surface area (Å²) >= 11 is 12.6. The quantitative estimate of drug-likeness (QED) is 0.0787. The fourth-order valence-corrected chi connectivity index (χ4v) is 9.77. The van der Waals surface area contributed by atoms with Crippen LogP contribution in [-0.4, -0.2) is 36.9 Å². The van der Waals surface area contributed by atoms with Gasteiger partial charge in [0.25, 0.3) is 15.9 Å². The van der Waals surface area contributed by atoms with Crippen LogP contribution in [0.25, 0.3) is 22.3 Å². The van der Waals surface area contributed by atoms with Crippen LogP contribution in [0.1, 0.15) is 100 Å². The second-order valence-corrected chi connectivity index (χ2v) is 19.3. The first kappa shape index (κ1) is 52.0. The van der Waals surface area contributed by atoms with E-state index >= 15 is 0 Å². The molecule has 9 rings (SSSR count). The van der Waals surface area contributed by atoms with Crippen molar-refractivity contribution in [2.45, 2.75) is 63.6 Å². The number of aromatic nitrogens is 2. The monoisotopic (exact) mass is 1050 g/mol. The van der Waals surface area contributed by atoms with Crippen molar-refractivity contribution in [3.63, 3.8) is 0 Å². The number of hydrogen-bond donors (Lipinski definition) is 1. The van der Waals surface area contributed by atoms with E-state index < -0.39 is 45.2 Å². The standard InChI is InChI=1S/C30H23ClF2N2O4S.C26H22ClF2NO3/c31-20-13-15-29(39-18-19-12-14-21(32)17-26(19)33)25(16-20)23-8-4-9-24(23)27-10-5-11-28(34-27)30(36)35-40(37,38)22-6-2-1-3-7-22;1-2-32-26(31)24-8-4-7-23(30-24)20-6-3-5-19(20)21-13-17(27)10-12-25(21)33-15-16-9-11-18(28)14-22(16)29/h1-3,5-7,10-17H,4,8-9,18H2,(H,35,36);4,7-14H,2-3,5-6,15H2,1H3. The first-order chi connectivity index (χ1) is 35.2. The molecule has 0 aliphatic heterocycles. The minimum Gasteiger partial charge on any atom is -0.488 e. The summed E-state index contributed by atoms with van der Waals surface area (Å²) in [6, 6.07) is 34.8. The Morgan fingerprint density at radius 1 is 0.575 bits per heavy atom. The van der Waals surface area contributed by atoms with Gasteiger partial charge < -0.3 is 14.2 Å². The largest absolute Gasteiger partial charge is 0.488 e. The number of rotatable bonds is 15. The van der Waals surface area contributed by atoms with Crippen LogP contribution >= 0.6 is 23.2 Å². The lowest BCUT2D eigenvalue weighted by atomic mass is 9.98. The predicted molar refractivity (Wildman–Crippen MR) is 271 cm³/mol. The van der Waals surface area contributed by atoms with E-state index in [9.17, 15) is 35.6 Å². The van der Waals surface area contributed by atoms with Gasteiger partial charge in [0.2, 0.25) is 0 Å². The van der Waals surface area contributed by atoms with Crippen molar-refractivity contribution in [3.05, 3.63) is 218 Å². The van der Waals surface area contributed by atoms with Crippen molar-refractivity contribution in [1.82, 2.24) is 14.7 Å². The second kappa shape index (κ2) is 23.5. The Morgan fingerprint density at radius 3 is 1.55 bits per heavy atom. The molecule has 0 atom stereocenters. The number of hydrogen-bond acceptors (Lipinski definition) is 9. The number of halogens is 6. The first-order valence-electron chi connectivity index (χ1n) is 23.1. The van der Waals surface area contributed by atoms with Gasteiger partial charge in [0, 0.05) is 44.4 Å². The van der Waals surface area contributed by atoms with E-state index in [2.05, 4.69) is 14.7 Å². The summed E-state index contributed by atoms with van der Waals surface area (Å²) in [6.45, 7) is 1.85. The molecule has 5 aromatic carbocycles. The molecule has 1 amide bonds. The van der Waals surface area contributed by atoms with Crippen LogP contribution in [0.2, 0.25) is 10.0 Å². The lowest BCUT2D eigenvalue weighted by molar-refractivity contribution is 0.0519. The lowest BCUT2D eigenvalue weighted by Gasteiger charge is -2.15. The number of nitrogens with zero attached hydrogens (tertiary/aromatic N) is 2. The Kier molecular flexibility index (Phi) is 16.7. The summed E-state index contributed by atoms with van der Waals surface area (Å²) in [4.78, 5) is 34.0. The summed E-state index contributed by atoms with van der Waals surface area (Å²) in [5.41, 5.74) is 7.15. The van der Waals surface area contributed by atoms with Crippen LogP contribution in [0.5, 0.6) is 11.5 Å². The summed E-state index contributed by atoms with van der Waals surface area (Å²) in [6.07, 6.45) is 4.62. The van der Waals surface area contributed by atoms with Gasteiger partial charge in [0.1, 0.15) is 59.4 Å². The number of sulfonamides is 1. The fraction of sp³-hybridized carbons (Fsp3) is 0.179. The highest BCUT2D eigenvalue weighted by atomic mass is 35.5. The number of carbonyl (C=O) groups is 2. The molecule has 0 saturated heterocycles.